The molecular formula is C19H20ClFN2O. The lowest BCUT2D eigenvalue weighted by Gasteiger charge is -2.30. The Morgan fingerprint density at radius 3 is 2.83 bits per heavy atom. The highest BCUT2D eigenvalue weighted by Crippen LogP contribution is 2.45. The smallest absolute Gasteiger partial charge is 0.148 e. The third-order valence-electron chi connectivity index (χ3n) is 5.47. The maximum Gasteiger partial charge on any atom is 0.148 e. The first-order valence-electron chi connectivity index (χ1n) is 8.79. The topological polar surface area (TPSA) is 17.4 Å². The van der Waals surface area contributed by atoms with Crippen molar-refractivity contribution in [3.63, 3.8) is 0 Å². The molecule has 2 aromatic rings. The summed E-state index contributed by atoms with van der Waals surface area (Å²) in [5, 5.41) is 0.168. The number of halogens is 2. The molecule has 0 radical (unpaired) electrons. The minimum Gasteiger partial charge on any atom is -0.491 e. The molecule has 126 valence electrons. The Morgan fingerprint density at radius 2 is 2.04 bits per heavy atom. The lowest BCUT2D eigenvalue weighted by Crippen LogP contribution is -2.35. The molecule has 5 heteroatoms. The Labute approximate surface area is 146 Å². The number of hydrogen-bond acceptors (Lipinski definition) is 2. The van der Waals surface area contributed by atoms with Crippen LogP contribution in [0.25, 0.3) is 11.1 Å². The number of hydrogen-bond donors (Lipinski definition) is 0. The fraction of sp³-hybridized carbons (Fsp3) is 0.474. The van der Waals surface area contributed by atoms with Crippen molar-refractivity contribution in [1.82, 2.24) is 9.47 Å². The number of ether oxygens (including phenoxy) is 1. The van der Waals surface area contributed by atoms with Gasteiger partial charge in [0.2, 0.25) is 0 Å². The molecule has 0 N–H and O–H groups in total. The van der Waals surface area contributed by atoms with Crippen LogP contribution in [0.5, 0.6) is 5.75 Å². The van der Waals surface area contributed by atoms with Crippen molar-refractivity contribution in [1.29, 1.82) is 0 Å². The Balaban J connectivity index is 1.67. The van der Waals surface area contributed by atoms with Crippen LogP contribution in [0.15, 0.2) is 18.2 Å². The van der Waals surface area contributed by atoms with E-state index in [1.165, 1.54) is 24.2 Å². The Bertz CT molecular complexity index is 812. The zero-order chi connectivity index (χ0) is 16.3. The summed E-state index contributed by atoms with van der Waals surface area (Å²) in [5.41, 5.74) is 4.52. The molecule has 24 heavy (non-hydrogen) atoms. The van der Waals surface area contributed by atoms with Gasteiger partial charge in [0, 0.05) is 36.9 Å². The van der Waals surface area contributed by atoms with E-state index in [0.29, 0.717) is 0 Å². The van der Waals surface area contributed by atoms with Crippen LogP contribution in [0.3, 0.4) is 0 Å². The van der Waals surface area contributed by atoms with Crippen LogP contribution in [0.4, 0.5) is 4.39 Å². The standard InChI is InChI=1S/C19H20ClFN2O/c20-14-6-3-12(10-15(14)21)18-17-11-22(13-4-5-13)7-8-23(17)16-2-1-9-24-19(16)18/h3,6,10,13H,1-2,4-5,7-9,11H2. The van der Waals surface area contributed by atoms with Crippen LogP contribution in [0, 0.1) is 5.82 Å². The molecular weight excluding hydrogens is 327 g/mol. The van der Waals surface area contributed by atoms with Gasteiger partial charge >= 0.3 is 0 Å². The van der Waals surface area contributed by atoms with Crippen molar-refractivity contribution in [3.05, 3.63) is 40.4 Å². The highest BCUT2D eigenvalue weighted by molar-refractivity contribution is 6.30. The second kappa shape index (κ2) is 5.50. The van der Waals surface area contributed by atoms with Gasteiger partial charge in [0.25, 0.3) is 0 Å². The third kappa shape index (κ3) is 2.27. The molecule has 0 bridgehead atoms. The second-order valence-corrected chi connectivity index (χ2v) is 7.44. The second-order valence-electron chi connectivity index (χ2n) is 7.03. The van der Waals surface area contributed by atoms with E-state index in [4.69, 9.17) is 16.3 Å². The van der Waals surface area contributed by atoms with Crippen LogP contribution < -0.4 is 4.74 Å². The molecule has 1 aromatic carbocycles. The average Bonchev–Trinajstić information content (AvgIpc) is 3.39. The minimum absolute atomic E-state index is 0.168. The highest BCUT2D eigenvalue weighted by Gasteiger charge is 2.36. The molecule has 1 aliphatic carbocycles. The Kier molecular flexibility index (Phi) is 3.39. The largest absolute Gasteiger partial charge is 0.491 e. The van der Waals surface area contributed by atoms with Crippen LogP contribution in [0.1, 0.15) is 30.7 Å². The molecule has 1 saturated carbocycles. The molecule has 1 aromatic heterocycles. The monoisotopic (exact) mass is 346 g/mol. The van der Waals surface area contributed by atoms with E-state index in [9.17, 15) is 4.39 Å². The summed E-state index contributed by atoms with van der Waals surface area (Å²) < 4.78 is 22.5. The molecule has 3 heterocycles. The summed E-state index contributed by atoms with van der Waals surface area (Å²) in [6, 6.07) is 5.84. The van der Waals surface area contributed by atoms with E-state index in [2.05, 4.69) is 9.47 Å². The van der Waals surface area contributed by atoms with Gasteiger partial charge in [0.1, 0.15) is 11.6 Å². The summed E-state index contributed by atoms with van der Waals surface area (Å²) in [6.07, 6.45) is 4.71. The van der Waals surface area contributed by atoms with E-state index in [1.807, 2.05) is 6.07 Å². The van der Waals surface area contributed by atoms with E-state index in [0.717, 1.165) is 62.0 Å². The molecule has 0 spiro atoms. The van der Waals surface area contributed by atoms with Gasteiger partial charge in [-0.25, -0.2) is 4.39 Å². The summed E-state index contributed by atoms with van der Waals surface area (Å²) in [5.74, 6) is 0.601. The maximum absolute atomic E-state index is 14.1. The molecule has 3 nitrogen and oxygen atoms in total. The summed E-state index contributed by atoms with van der Waals surface area (Å²) in [6.45, 7) is 3.78. The molecule has 0 saturated heterocycles. The summed E-state index contributed by atoms with van der Waals surface area (Å²) in [7, 11) is 0. The van der Waals surface area contributed by atoms with Gasteiger partial charge in [-0.3, -0.25) is 4.90 Å². The fourth-order valence-electron chi connectivity index (χ4n) is 4.15. The van der Waals surface area contributed by atoms with Crippen molar-refractivity contribution in [2.24, 2.45) is 0 Å². The quantitative estimate of drug-likeness (QED) is 0.808. The zero-order valence-corrected chi connectivity index (χ0v) is 14.3. The van der Waals surface area contributed by atoms with Gasteiger partial charge in [0.15, 0.2) is 0 Å². The van der Waals surface area contributed by atoms with Crippen molar-refractivity contribution < 1.29 is 9.13 Å². The lowest BCUT2D eigenvalue weighted by molar-refractivity contribution is 0.208. The summed E-state index contributed by atoms with van der Waals surface area (Å²) in [4.78, 5) is 2.57. The van der Waals surface area contributed by atoms with E-state index in [-0.39, 0.29) is 10.8 Å². The third-order valence-corrected chi connectivity index (χ3v) is 5.78. The van der Waals surface area contributed by atoms with Crippen molar-refractivity contribution in [2.75, 3.05) is 13.2 Å². The van der Waals surface area contributed by atoms with Crippen LogP contribution in [-0.2, 0) is 19.5 Å². The first-order chi connectivity index (χ1) is 11.7. The predicted molar refractivity (Wildman–Crippen MR) is 92.1 cm³/mol. The van der Waals surface area contributed by atoms with Gasteiger partial charge in [0.05, 0.1) is 17.3 Å². The van der Waals surface area contributed by atoms with Gasteiger partial charge in [-0.15, -0.1) is 0 Å². The number of fused-ring (bicyclic) bond motifs is 3. The molecule has 2 aliphatic heterocycles. The molecule has 0 amide bonds. The maximum atomic E-state index is 14.1. The predicted octanol–water partition coefficient (Wildman–Crippen LogP) is 4.25. The van der Waals surface area contributed by atoms with Crippen LogP contribution >= 0.6 is 11.6 Å². The van der Waals surface area contributed by atoms with Gasteiger partial charge < -0.3 is 9.30 Å². The van der Waals surface area contributed by atoms with Gasteiger partial charge in [-0.1, -0.05) is 17.7 Å². The molecule has 0 unspecified atom stereocenters. The molecule has 1 fully saturated rings. The lowest BCUT2D eigenvalue weighted by atomic mass is 10.0. The number of nitrogens with zero attached hydrogens (tertiary/aromatic N) is 2. The number of benzene rings is 1. The van der Waals surface area contributed by atoms with Gasteiger partial charge in [-0.05, 0) is 43.4 Å². The Morgan fingerprint density at radius 1 is 1.17 bits per heavy atom. The SMILES string of the molecule is Fc1cc(-c2c3c(n4c2CN(C2CC2)CC4)CCCO3)ccc1Cl. The van der Waals surface area contributed by atoms with Crippen molar-refractivity contribution >= 4 is 11.6 Å². The van der Waals surface area contributed by atoms with Crippen LogP contribution in [-0.4, -0.2) is 28.7 Å². The first kappa shape index (κ1) is 14.8. The molecule has 0 atom stereocenters. The summed E-state index contributed by atoms with van der Waals surface area (Å²) >= 11 is 5.88. The zero-order valence-electron chi connectivity index (χ0n) is 13.5. The number of aromatic nitrogens is 1. The average molecular weight is 347 g/mol. The van der Waals surface area contributed by atoms with Crippen molar-refractivity contribution in [2.45, 2.75) is 44.8 Å². The normalized spacial score (nSPS) is 20.4. The number of rotatable bonds is 2. The minimum atomic E-state index is -0.367. The first-order valence-corrected chi connectivity index (χ1v) is 9.16. The van der Waals surface area contributed by atoms with E-state index >= 15 is 0 Å². The fourth-order valence-corrected chi connectivity index (χ4v) is 4.27. The van der Waals surface area contributed by atoms with E-state index < -0.39 is 0 Å². The van der Waals surface area contributed by atoms with E-state index in [1.54, 1.807) is 12.1 Å². The van der Waals surface area contributed by atoms with Crippen molar-refractivity contribution in [3.8, 4) is 16.9 Å². The van der Waals surface area contributed by atoms with Gasteiger partial charge in [-0.2, -0.15) is 0 Å². The molecule has 5 rings (SSSR count). The highest BCUT2D eigenvalue weighted by atomic mass is 35.5. The van der Waals surface area contributed by atoms with Crippen LogP contribution in [0.2, 0.25) is 5.02 Å². The molecule has 3 aliphatic rings. The Hall–Kier alpha value is -1.52.